The van der Waals surface area contributed by atoms with Crippen LogP contribution in [0.4, 0.5) is 0 Å². The molecule has 0 unspecified atom stereocenters. The van der Waals surface area contributed by atoms with Crippen LogP contribution in [-0.2, 0) is 6.42 Å². The van der Waals surface area contributed by atoms with Crippen molar-refractivity contribution in [2.45, 2.75) is 38.7 Å². The Bertz CT molecular complexity index is 337. The van der Waals surface area contributed by atoms with Gasteiger partial charge >= 0.3 is 0 Å². The van der Waals surface area contributed by atoms with Gasteiger partial charge in [0.2, 0.25) is 5.88 Å². The second-order valence-corrected chi connectivity index (χ2v) is 4.41. The summed E-state index contributed by atoms with van der Waals surface area (Å²) in [6.07, 6.45) is 6.08. The standard InChI is InChI=1S/C12H19N3O/c1-2-3-10-6-12(15-8-14-10)16-11-4-9(5-11)7-13/h6,8-9,11H,2-5,7,13H2,1H3. The van der Waals surface area contributed by atoms with Crippen LogP contribution in [0.15, 0.2) is 12.4 Å². The number of nitrogens with two attached hydrogens (primary N) is 1. The van der Waals surface area contributed by atoms with E-state index in [1.54, 1.807) is 6.33 Å². The lowest BCUT2D eigenvalue weighted by molar-refractivity contribution is 0.0646. The summed E-state index contributed by atoms with van der Waals surface area (Å²) in [6, 6.07) is 1.94. The molecule has 1 aromatic heterocycles. The first kappa shape index (κ1) is 11.3. The number of rotatable bonds is 5. The highest BCUT2D eigenvalue weighted by Gasteiger charge is 2.29. The van der Waals surface area contributed by atoms with Crippen molar-refractivity contribution >= 4 is 0 Å². The molecule has 16 heavy (non-hydrogen) atoms. The number of hydrogen-bond acceptors (Lipinski definition) is 4. The SMILES string of the molecule is CCCc1cc(OC2CC(CN)C2)ncn1. The molecule has 1 aliphatic rings. The fourth-order valence-corrected chi connectivity index (χ4v) is 1.97. The van der Waals surface area contributed by atoms with Crippen LogP contribution in [0.25, 0.3) is 0 Å². The molecule has 88 valence electrons. The maximum Gasteiger partial charge on any atom is 0.216 e. The van der Waals surface area contributed by atoms with Crippen molar-refractivity contribution in [1.29, 1.82) is 0 Å². The van der Waals surface area contributed by atoms with Crippen LogP contribution in [0, 0.1) is 5.92 Å². The Morgan fingerprint density at radius 2 is 2.25 bits per heavy atom. The molecule has 2 rings (SSSR count). The minimum absolute atomic E-state index is 0.304. The number of ether oxygens (including phenoxy) is 1. The molecular weight excluding hydrogens is 202 g/mol. The van der Waals surface area contributed by atoms with Gasteiger partial charge in [0, 0.05) is 11.8 Å². The summed E-state index contributed by atoms with van der Waals surface area (Å²) >= 11 is 0. The van der Waals surface area contributed by atoms with Gasteiger partial charge in [-0.25, -0.2) is 9.97 Å². The van der Waals surface area contributed by atoms with Crippen LogP contribution >= 0.6 is 0 Å². The maximum absolute atomic E-state index is 5.76. The fraction of sp³-hybridized carbons (Fsp3) is 0.667. The molecule has 1 saturated carbocycles. The summed E-state index contributed by atoms with van der Waals surface area (Å²) in [5, 5.41) is 0. The predicted molar refractivity (Wildman–Crippen MR) is 62.2 cm³/mol. The number of hydrogen-bond donors (Lipinski definition) is 1. The van der Waals surface area contributed by atoms with Gasteiger partial charge in [0.25, 0.3) is 0 Å². The minimum Gasteiger partial charge on any atom is -0.474 e. The summed E-state index contributed by atoms with van der Waals surface area (Å²) in [5.41, 5.74) is 6.63. The molecule has 0 atom stereocenters. The zero-order valence-electron chi connectivity index (χ0n) is 9.72. The van der Waals surface area contributed by atoms with Gasteiger partial charge < -0.3 is 10.5 Å². The molecule has 1 aromatic rings. The third-order valence-corrected chi connectivity index (χ3v) is 3.02. The Balaban J connectivity index is 1.87. The molecule has 0 saturated heterocycles. The van der Waals surface area contributed by atoms with Crippen LogP contribution < -0.4 is 10.5 Å². The maximum atomic E-state index is 5.76. The van der Waals surface area contributed by atoms with Gasteiger partial charge in [0.1, 0.15) is 12.4 Å². The topological polar surface area (TPSA) is 61.0 Å². The van der Waals surface area contributed by atoms with E-state index in [1.165, 1.54) is 0 Å². The fourth-order valence-electron chi connectivity index (χ4n) is 1.97. The molecule has 2 N–H and O–H groups in total. The second kappa shape index (κ2) is 5.25. The van der Waals surface area contributed by atoms with Gasteiger partial charge in [-0.05, 0) is 31.7 Å². The van der Waals surface area contributed by atoms with E-state index in [-0.39, 0.29) is 0 Å². The summed E-state index contributed by atoms with van der Waals surface area (Å²) in [6.45, 7) is 2.91. The third-order valence-electron chi connectivity index (χ3n) is 3.02. The van der Waals surface area contributed by atoms with Gasteiger partial charge in [0.05, 0.1) is 0 Å². The number of aryl methyl sites for hydroxylation is 1. The van der Waals surface area contributed by atoms with E-state index in [9.17, 15) is 0 Å². The van der Waals surface area contributed by atoms with E-state index in [2.05, 4.69) is 16.9 Å². The van der Waals surface area contributed by atoms with E-state index in [1.807, 2.05) is 6.07 Å². The number of aromatic nitrogens is 2. The molecule has 4 heteroatoms. The van der Waals surface area contributed by atoms with Gasteiger partial charge in [-0.1, -0.05) is 13.3 Å². The molecule has 0 aromatic carbocycles. The lowest BCUT2D eigenvalue weighted by Gasteiger charge is -2.34. The Morgan fingerprint density at radius 1 is 1.44 bits per heavy atom. The Kier molecular flexibility index (Phi) is 3.72. The molecule has 4 nitrogen and oxygen atoms in total. The highest BCUT2D eigenvalue weighted by Crippen LogP contribution is 2.29. The number of nitrogens with zero attached hydrogens (tertiary/aromatic N) is 2. The van der Waals surface area contributed by atoms with Crippen molar-refractivity contribution in [3.8, 4) is 5.88 Å². The smallest absolute Gasteiger partial charge is 0.216 e. The largest absolute Gasteiger partial charge is 0.474 e. The van der Waals surface area contributed by atoms with Gasteiger partial charge in [-0.15, -0.1) is 0 Å². The Labute approximate surface area is 96.2 Å². The van der Waals surface area contributed by atoms with Crippen LogP contribution in [-0.4, -0.2) is 22.6 Å². The van der Waals surface area contributed by atoms with Crippen molar-refractivity contribution in [3.05, 3.63) is 18.1 Å². The van der Waals surface area contributed by atoms with Crippen molar-refractivity contribution in [3.63, 3.8) is 0 Å². The molecule has 0 radical (unpaired) electrons. The second-order valence-electron chi connectivity index (χ2n) is 4.41. The molecular formula is C12H19N3O. The monoisotopic (exact) mass is 221 g/mol. The van der Waals surface area contributed by atoms with Crippen LogP contribution in [0.1, 0.15) is 31.9 Å². The van der Waals surface area contributed by atoms with E-state index >= 15 is 0 Å². The van der Waals surface area contributed by atoms with Gasteiger partial charge in [-0.3, -0.25) is 0 Å². The third kappa shape index (κ3) is 2.70. The van der Waals surface area contributed by atoms with Crippen molar-refractivity contribution < 1.29 is 4.74 Å². The average molecular weight is 221 g/mol. The summed E-state index contributed by atoms with van der Waals surface area (Å²) in [4.78, 5) is 8.33. The van der Waals surface area contributed by atoms with E-state index in [0.29, 0.717) is 17.9 Å². The van der Waals surface area contributed by atoms with E-state index in [4.69, 9.17) is 10.5 Å². The molecule has 0 bridgehead atoms. The molecule has 1 aliphatic carbocycles. The first-order valence-corrected chi connectivity index (χ1v) is 5.99. The molecule has 1 heterocycles. The Hall–Kier alpha value is -1.16. The lowest BCUT2D eigenvalue weighted by Crippen LogP contribution is -2.37. The van der Waals surface area contributed by atoms with E-state index in [0.717, 1.165) is 37.9 Å². The van der Waals surface area contributed by atoms with Crippen molar-refractivity contribution in [1.82, 2.24) is 9.97 Å². The van der Waals surface area contributed by atoms with Crippen LogP contribution in [0.5, 0.6) is 5.88 Å². The van der Waals surface area contributed by atoms with Crippen molar-refractivity contribution in [2.24, 2.45) is 11.7 Å². The predicted octanol–water partition coefficient (Wildman–Crippen LogP) is 1.55. The average Bonchev–Trinajstić information content (AvgIpc) is 2.24. The summed E-state index contributed by atoms with van der Waals surface area (Å²) in [5.74, 6) is 1.35. The van der Waals surface area contributed by atoms with Crippen LogP contribution in [0.2, 0.25) is 0 Å². The van der Waals surface area contributed by atoms with Crippen LogP contribution in [0.3, 0.4) is 0 Å². The first-order valence-electron chi connectivity index (χ1n) is 5.99. The minimum atomic E-state index is 0.304. The molecule has 0 aliphatic heterocycles. The van der Waals surface area contributed by atoms with Gasteiger partial charge in [0.15, 0.2) is 0 Å². The van der Waals surface area contributed by atoms with Gasteiger partial charge in [-0.2, -0.15) is 0 Å². The first-order chi connectivity index (χ1) is 7.81. The molecule has 1 fully saturated rings. The zero-order valence-corrected chi connectivity index (χ0v) is 9.72. The van der Waals surface area contributed by atoms with E-state index < -0.39 is 0 Å². The molecule has 0 spiro atoms. The zero-order chi connectivity index (χ0) is 11.4. The lowest BCUT2D eigenvalue weighted by atomic mass is 9.82. The highest BCUT2D eigenvalue weighted by molar-refractivity contribution is 5.14. The molecule has 0 amide bonds. The quantitative estimate of drug-likeness (QED) is 0.819. The highest BCUT2D eigenvalue weighted by atomic mass is 16.5. The normalized spacial score (nSPS) is 23.9. The summed E-state index contributed by atoms with van der Waals surface area (Å²) < 4.78 is 5.76. The summed E-state index contributed by atoms with van der Waals surface area (Å²) in [7, 11) is 0. The Morgan fingerprint density at radius 3 is 2.94 bits per heavy atom. The van der Waals surface area contributed by atoms with Crippen molar-refractivity contribution in [2.75, 3.05) is 6.54 Å².